The summed E-state index contributed by atoms with van der Waals surface area (Å²) in [5.41, 5.74) is 4.87. The molecule has 5 nitrogen and oxygen atoms in total. The molecule has 0 radical (unpaired) electrons. The Balaban J connectivity index is 1.51. The molecule has 152 valence electrons. The van der Waals surface area contributed by atoms with E-state index >= 15 is 0 Å². The van der Waals surface area contributed by atoms with Gasteiger partial charge in [0.1, 0.15) is 11.3 Å². The zero-order valence-electron chi connectivity index (χ0n) is 17.1. The highest BCUT2D eigenvalue weighted by Crippen LogP contribution is 2.27. The number of carbonyl (C=O) groups excluding carboxylic acids is 1. The molecule has 1 N–H and O–H groups in total. The molecule has 0 unspecified atom stereocenters. The van der Waals surface area contributed by atoms with Crippen LogP contribution in [0.3, 0.4) is 0 Å². The predicted octanol–water partition coefficient (Wildman–Crippen LogP) is 6.10. The second-order valence-electron chi connectivity index (χ2n) is 7.08. The zero-order valence-corrected chi connectivity index (χ0v) is 17.1. The van der Waals surface area contributed by atoms with Crippen molar-refractivity contribution in [2.24, 2.45) is 0 Å². The lowest BCUT2D eigenvalue weighted by atomic mass is 10.1. The fourth-order valence-corrected chi connectivity index (χ4v) is 3.17. The lowest BCUT2D eigenvalue weighted by Crippen LogP contribution is -2.11. The van der Waals surface area contributed by atoms with E-state index in [-0.39, 0.29) is 5.91 Å². The summed E-state index contributed by atoms with van der Waals surface area (Å²) in [4.78, 5) is 17.2. The molecular formula is C25H24N2O3. The quantitative estimate of drug-likeness (QED) is 0.407. The predicted molar refractivity (Wildman–Crippen MR) is 119 cm³/mol. The minimum Gasteiger partial charge on any atom is -0.494 e. The van der Waals surface area contributed by atoms with Gasteiger partial charge in [-0.1, -0.05) is 26.0 Å². The van der Waals surface area contributed by atoms with Crippen LogP contribution in [0.4, 0.5) is 5.69 Å². The van der Waals surface area contributed by atoms with E-state index in [9.17, 15) is 4.79 Å². The van der Waals surface area contributed by atoms with Gasteiger partial charge in [-0.05, 0) is 73.0 Å². The number of rotatable bonds is 7. The van der Waals surface area contributed by atoms with Gasteiger partial charge in [-0.2, -0.15) is 0 Å². The Morgan fingerprint density at radius 3 is 2.63 bits per heavy atom. The number of aryl methyl sites for hydroxylation is 1. The van der Waals surface area contributed by atoms with Crippen LogP contribution in [0.25, 0.3) is 22.6 Å². The van der Waals surface area contributed by atoms with Crippen LogP contribution in [0.15, 0.2) is 71.1 Å². The normalized spacial score (nSPS) is 10.9. The van der Waals surface area contributed by atoms with Crippen molar-refractivity contribution in [1.29, 1.82) is 0 Å². The number of oxazole rings is 1. The smallest absolute Gasteiger partial charge is 0.255 e. The number of aromatic nitrogens is 1. The van der Waals surface area contributed by atoms with E-state index in [1.54, 1.807) is 12.1 Å². The molecule has 1 aromatic heterocycles. The van der Waals surface area contributed by atoms with Gasteiger partial charge < -0.3 is 14.5 Å². The second-order valence-corrected chi connectivity index (χ2v) is 7.08. The van der Waals surface area contributed by atoms with Gasteiger partial charge in [0.05, 0.1) is 6.61 Å². The average Bonchev–Trinajstić information content (AvgIpc) is 3.21. The van der Waals surface area contributed by atoms with Crippen LogP contribution in [0, 0.1) is 0 Å². The van der Waals surface area contributed by atoms with Gasteiger partial charge in [0.2, 0.25) is 5.89 Å². The van der Waals surface area contributed by atoms with E-state index in [4.69, 9.17) is 9.15 Å². The van der Waals surface area contributed by atoms with Gasteiger partial charge in [0.25, 0.3) is 5.91 Å². The molecule has 0 aliphatic heterocycles. The molecule has 0 saturated heterocycles. The van der Waals surface area contributed by atoms with Gasteiger partial charge in [-0.25, -0.2) is 4.98 Å². The summed E-state index contributed by atoms with van der Waals surface area (Å²) in [7, 11) is 0. The number of hydrogen-bond donors (Lipinski definition) is 1. The number of fused-ring (bicyclic) bond motifs is 1. The first-order chi connectivity index (χ1) is 14.7. The number of benzene rings is 3. The molecule has 0 fully saturated rings. The molecule has 0 aliphatic rings. The van der Waals surface area contributed by atoms with Crippen LogP contribution in [0.5, 0.6) is 5.75 Å². The highest BCUT2D eigenvalue weighted by Gasteiger charge is 2.11. The zero-order chi connectivity index (χ0) is 20.9. The average molecular weight is 400 g/mol. The van der Waals surface area contributed by atoms with Crippen molar-refractivity contribution in [2.45, 2.75) is 26.7 Å². The Labute approximate surface area is 175 Å². The number of hydrogen-bond acceptors (Lipinski definition) is 4. The molecule has 0 aliphatic carbocycles. The maximum absolute atomic E-state index is 12.6. The van der Waals surface area contributed by atoms with Crippen molar-refractivity contribution in [3.8, 4) is 17.2 Å². The van der Waals surface area contributed by atoms with E-state index in [1.807, 2.05) is 54.6 Å². The Morgan fingerprint density at radius 1 is 1.03 bits per heavy atom. The molecule has 1 amide bonds. The Morgan fingerprint density at radius 2 is 1.87 bits per heavy atom. The molecule has 0 spiro atoms. The molecule has 30 heavy (non-hydrogen) atoms. The van der Waals surface area contributed by atoms with Crippen LogP contribution < -0.4 is 10.1 Å². The SMILES string of the molecule is CCCOc1ccc(C(=O)Nc2cccc(-c3nc4cc(CC)ccc4o3)c2)cc1. The summed E-state index contributed by atoms with van der Waals surface area (Å²) >= 11 is 0. The molecule has 4 aromatic rings. The van der Waals surface area contributed by atoms with Crippen LogP contribution in [-0.2, 0) is 6.42 Å². The summed E-state index contributed by atoms with van der Waals surface area (Å²) in [6.45, 7) is 4.83. The molecule has 0 saturated carbocycles. The van der Waals surface area contributed by atoms with E-state index in [0.29, 0.717) is 23.7 Å². The van der Waals surface area contributed by atoms with Gasteiger partial charge in [-0.15, -0.1) is 0 Å². The summed E-state index contributed by atoms with van der Waals surface area (Å²) in [5, 5.41) is 2.93. The molecule has 5 heteroatoms. The summed E-state index contributed by atoms with van der Waals surface area (Å²) < 4.78 is 11.5. The Kier molecular flexibility index (Phi) is 5.80. The van der Waals surface area contributed by atoms with Crippen molar-refractivity contribution in [2.75, 3.05) is 11.9 Å². The monoisotopic (exact) mass is 400 g/mol. The molecule has 0 bridgehead atoms. The lowest BCUT2D eigenvalue weighted by molar-refractivity contribution is 0.102. The van der Waals surface area contributed by atoms with Crippen LogP contribution in [-0.4, -0.2) is 17.5 Å². The third-order valence-electron chi connectivity index (χ3n) is 4.82. The molecule has 3 aromatic carbocycles. The van der Waals surface area contributed by atoms with Crippen molar-refractivity contribution in [3.63, 3.8) is 0 Å². The number of carbonyl (C=O) groups is 1. The molecule has 0 atom stereocenters. The third kappa shape index (κ3) is 4.35. The van der Waals surface area contributed by atoms with Crippen molar-refractivity contribution in [1.82, 2.24) is 4.98 Å². The topological polar surface area (TPSA) is 64.4 Å². The summed E-state index contributed by atoms with van der Waals surface area (Å²) in [6.07, 6.45) is 1.89. The highest BCUT2D eigenvalue weighted by atomic mass is 16.5. The first-order valence-corrected chi connectivity index (χ1v) is 10.2. The summed E-state index contributed by atoms with van der Waals surface area (Å²) in [6, 6.07) is 20.7. The van der Waals surface area contributed by atoms with E-state index in [1.165, 1.54) is 5.56 Å². The number of anilines is 1. The van der Waals surface area contributed by atoms with Gasteiger partial charge in [0.15, 0.2) is 5.58 Å². The minimum absolute atomic E-state index is 0.181. The van der Waals surface area contributed by atoms with Crippen LogP contribution in [0.1, 0.15) is 36.2 Å². The van der Waals surface area contributed by atoms with Gasteiger partial charge >= 0.3 is 0 Å². The van der Waals surface area contributed by atoms with E-state index in [2.05, 4.69) is 24.1 Å². The van der Waals surface area contributed by atoms with E-state index in [0.717, 1.165) is 35.3 Å². The van der Waals surface area contributed by atoms with Crippen LogP contribution >= 0.6 is 0 Å². The first kappa shape index (κ1) is 19.7. The molecular weight excluding hydrogens is 376 g/mol. The molecule has 1 heterocycles. The van der Waals surface area contributed by atoms with E-state index < -0.39 is 0 Å². The maximum atomic E-state index is 12.6. The van der Waals surface area contributed by atoms with Crippen LogP contribution in [0.2, 0.25) is 0 Å². The van der Waals surface area contributed by atoms with Crippen molar-refractivity contribution < 1.29 is 13.9 Å². The lowest BCUT2D eigenvalue weighted by Gasteiger charge is -2.08. The minimum atomic E-state index is -0.181. The summed E-state index contributed by atoms with van der Waals surface area (Å²) in [5.74, 6) is 1.11. The number of ether oxygens (including phenoxy) is 1. The number of nitrogens with zero attached hydrogens (tertiary/aromatic N) is 1. The van der Waals surface area contributed by atoms with Crippen molar-refractivity contribution in [3.05, 3.63) is 77.9 Å². The largest absolute Gasteiger partial charge is 0.494 e. The van der Waals surface area contributed by atoms with Crippen molar-refractivity contribution >= 4 is 22.7 Å². The van der Waals surface area contributed by atoms with Gasteiger partial charge in [-0.3, -0.25) is 4.79 Å². The van der Waals surface area contributed by atoms with Gasteiger partial charge in [0, 0.05) is 16.8 Å². The first-order valence-electron chi connectivity index (χ1n) is 10.2. The standard InChI is InChI=1S/C25H24N2O3/c1-3-14-29-21-11-9-18(10-12-21)24(28)26-20-7-5-6-19(16-20)25-27-22-15-17(4-2)8-13-23(22)30-25/h5-13,15-16H,3-4,14H2,1-2H3,(H,26,28). The third-order valence-corrected chi connectivity index (χ3v) is 4.82. The fourth-order valence-electron chi connectivity index (χ4n) is 3.17. The number of amides is 1. The second kappa shape index (κ2) is 8.82. The fraction of sp³-hybridized carbons (Fsp3) is 0.200. The molecule has 4 rings (SSSR count). The Bertz CT molecular complexity index is 1160. The highest BCUT2D eigenvalue weighted by molar-refractivity contribution is 6.04. The number of nitrogens with one attached hydrogen (secondary N) is 1. The maximum Gasteiger partial charge on any atom is 0.255 e. The Hall–Kier alpha value is -3.60.